The Bertz CT molecular complexity index is 967. The molecule has 0 bridgehead atoms. The summed E-state index contributed by atoms with van der Waals surface area (Å²) in [5.74, 6) is -0.511. The van der Waals surface area contributed by atoms with E-state index in [-0.39, 0.29) is 28.3 Å². The zero-order chi connectivity index (χ0) is 20.1. The number of hydrogen-bond donors (Lipinski definition) is 3. The van der Waals surface area contributed by atoms with Crippen molar-refractivity contribution >= 4 is 33.2 Å². The summed E-state index contributed by atoms with van der Waals surface area (Å²) >= 11 is 0. The lowest BCUT2D eigenvalue weighted by molar-refractivity contribution is 0.102. The van der Waals surface area contributed by atoms with Crippen molar-refractivity contribution in [3.63, 3.8) is 0 Å². The normalized spacial score (nSPS) is 13.6. The number of rotatable bonds is 7. The molecular formula is C20H23N3O4S. The summed E-state index contributed by atoms with van der Waals surface area (Å²) in [7, 11) is -3.52. The van der Waals surface area contributed by atoms with E-state index in [9.17, 15) is 18.0 Å². The molecule has 1 saturated carbocycles. The first-order valence-electron chi connectivity index (χ1n) is 9.20. The van der Waals surface area contributed by atoms with Gasteiger partial charge >= 0.3 is 6.03 Å². The van der Waals surface area contributed by atoms with Gasteiger partial charge < -0.3 is 16.0 Å². The summed E-state index contributed by atoms with van der Waals surface area (Å²) < 4.78 is 24.8. The SMILES string of the molecule is CCCS(=O)(=O)c1ccccc1C(=O)Nc1ccc(NC(=O)NC2CC2)cc1. The van der Waals surface area contributed by atoms with E-state index >= 15 is 0 Å². The van der Waals surface area contributed by atoms with Crippen molar-refractivity contribution in [2.45, 2.75) is 37.1 Å². The predicted octanol–water partition coefficient (Wildman–Crippen LogP) is 3.41. The molecule has 1 aliphatic rings. The molecular weight excluding hydrogens is 378 g/mol. The molecule has 0 saturated heterocycles. The summed E-state index contributed by atoms with van der Waals surface area (Å²) in [5, 5.41) is 8.25. The fourth-order valence-corrected chi connectivity index (χ4v) is 4.26. The smallest absolute Gasteiger partial charge is 0.319 e. The standard InChI is InChI=1S/C20H23N3O4S/c1-2-13-28(26,27)18-6-4-3-5-17(18)19(24)21-14-7-9-15(10-8-14)22-20(25)23-16-11-12-16/h3-10,16H,2,11-13H2,1H3,(H,21,24)(H2,22,23,25). The van der Waals surface area contributed by atoms with Gasteiger partial charge in [-0.1, -0.05) is 19.1 Å². The van der Waals surface area contributed by atoms with E-state index in [1.807, 2.05) is 0 Å². The van der Waals surface area contributed by atoms with Crippen molar-refractivity contribution in [3.8, 4) is 0 Å². The minimum atomic E-state index is -3.52. The molecule has 1 fully saturated rings. The van der Waals surface area contributed by atoms with E-state index in [1.165, 1.54) is 12.1 Å². The molecule has 0 aliphatic heterocycles. The highest BCUT2D eigenvalue weighted by molar-refractivity contribution is 7.91. The summed E-state index contributed by atoms with van der Waals surface area (Å²) in [5.41, 5.74) is 1.21. The highest BCUT2D eigenvalue weighted by atomic mass is 32.2. The second kappa shape index (κ2) is 8.43. The molecule has 1 aliphatic carbocycles. The molecule has 7 nitrogen and oxygen atoms in total. The second-order valence-electron chi connectivity index (χ2n) is 6.72. The van der Waals surface area contributed by atoms with Gasteiger partial charge in [-0.3, -0.25) is 4.79 Å². The van der Waals surface area contributed by atoms with Crippen LogP contribution < -0.4 is 16.0 Å². The third-order valence-electron chi connectivity index (χ3n) is 4.25. The molecule has 3 amide bonds. The first kappa shape index (κ1) is 19.9. The Kier molecular flexibility index (Phi) is 5.99. The third-order valence-corrected chi connectivity index (χ3v) is 6.22. The van der Waals surface area contributed by atoms with Crippen LogP contribution in [0.1, 0.15) is 36.5 Å². The van der Waals surface area contributed by atoms with Crippen LogP contribution in [-0.4, -0.2) is 32.2 Å². The Labute approximate surface area is 164 Å². The number of carbonyl (C=O) groups excluding carboxylic acids is 2. The maximum atomic E-state index is 12.6. The molecule has 0 unspecified atom stereocenters. The average molecular weight is 401 g/mol. The molecule has 148 valence electrons. The fourth-order valence-electron chi connectivity index (χ4n) is 2.72. The van der Waals surface area contributed by atoms with E-state index in [1.54, 1.807) is 43.3 Å². The highest BCUT2D eigenvalue weighted by Gasteiger charge is 2.23. The van der Waals surface area contributed by atoms with Crippen molar-refractivity contribution in [3.05, 3.63) is 54.1 Å². The lowest BCUT2D eigenvalue weighted by Gasteiger charge is -2.11. The van der Waals surface area contributed by atoms with E-state index < -0.39 is 15.7 Å². The van der Waals surface area contributed by atoms with Crippen LogP contribution in [0.5, 0.6) is 0 Å². The minimum Gasteiger partial charge on any atom is -0.335 e. The first-order valence-corrected chi connectivity index (χ1v) is 10.8. The Morgan fingerprint density at radius 1 is 0.964 bits per heavy atom. The molecule has 0 aromatic heterocycles. The van der Waals surface area contributed by atoms with Crippen LogP contribution in [0.2, 0.25) is 0 Å². The van der Waals surface area contributed by atoms with Crippen LogP contribution in [-0.2, 0) is 9.84 Å². The van der Waals surface area contributed by atoms with Gasteiger partial charge in [0, 0.05) is 17.4 Å². The largest absolute Gasteiger partial charge is 0.335 e. The molecule has 28 heavy (non-hydrogen) atoms. The Balaban J connectivity index is 1.69. The minimum absolute atomic E-state index is 0.0133. The Morgan fingerprint density at radius 2 is 1.57 bits per heavy atom. The van der Waals surface area contributed by atoms with E-state index in [0.29, 0.717) is 17.8 Å². The van der Waals surface area contributed by atoms with Gasteiger partial charge in [-0.05, 0) is 55.7 Å². The van der Waals surface area contributed by atoms with Gasteiger partial charge in [0.25, 0.3) is 5.91 Å². The summed E-state index contributed by atoms with van der Waals surface area (Å²) in [4.78, 5) is 24.4. The number of urea groups is 1. The lowest BCUT2D eigenvalue weighted by atomic mass is 10.2. The lowest BCUT2D eigenvalue weighted by Crippen LogP contribution is -2.30. The molecule has 3 rings (SSSR count). The van der Waals surface area contributed by atoms with Gasteiger partial charge in [0.05, 0.1) is 16.2 Å². The maximum absolute atomic E-state index is 12.6. The van der Waals surface area contributed by atoms with Crippen molar-refractivity contribution in [2.24, 2.45) is 0 Å². The van der Waals surface area contributed by atoms with Crippen molar-refractivity contribution < 1.29 is 18.0 Å². The van der Waals surface area contributed by atoms with Crippen LogP contribution in [0.4, 0.5) is 16.2 Å². The van der Waals surface area contributed by atoms with Crippen LogP contribution in [0.3, 0.4) is 0 Å². The number of anilines is 2. The number of benzene rings is 2. The third kappa shape index (κ3) is 5.10. The van der Waals surface area contributed by atoms with Crippen molar-refractivity contribution in [1.29, 1.82) is 0 Å². The van der Waals surface area contributed by atoms with Crippen molar-refractivity contribution in [2.75, 3.05) is 16.4 Å². The van der Waals surface area contributed by atoms with E-state index in [2.05, 4.69) is 16.0 Å². The topological polar surface area (TPSA) is 104 Å². The van der Waals surface area contributed by atoms with Crippen LogP contribution in [0.15, 0.2) is 53.4 Å². The van der Waals surface area contributed by atoms with E-state index in [0.717, 1.165) is 12.8 Å². The zero-order valence-corrected chi connectivity index (χ0v) is 16.4. The maximum Gasteiger partial charge on any atom is 0.319 e. The first-order chi connectivity index (χ1) is 13.4. The van der Waals surface area contributed by atoms with Gasteiger partial charge in [0.2, 0.25) is 0 Å². The van der Waals surface area contributed by atoms with E-state index in [4.69, 9.17) is 0 Å². The number of carbonyl (C=O) groups is 2. The summed E-state index contributed by atoms with van der Waals surface area (Å²) in [6.07, 6.45) is 2.49. The molecule has 2 aromatic carbocycles. The van der Waals surface area contributed by atoms with Gasteiger partial charge in [-0.15, -0.1) is 0 Å². The van der Waals surface area contributed by atoms with Crippen LogP contribution >= 0.6 is 0 Å². The van der Waals surface area contributed by atoms with Crippen LogP contribution in [0.25, 0.3) is 0 Å². The predicted molar refractivity (Wildman–Crippen MR) is 108 cm³/mol. The molecule has 8 heteroatoms. The van der Waals surface area contributed by atoms with Crippen molar-refractivity contribution in [1.82, 2.24) is 5.32 Å². The molecule has 2 aromatic rings. The number of sulfone groups is 1. The monoisotopic (exact) mass is 401 g/mol. The second-order valence-corrected chi connectivity index (χ2v) is 8.80. The quantitative estimate of drug-likeness (QED) is 0.661. The average Bonchev–Trinajstić information content (AvgIpc) is 3.47. The molecule has 0 radical (unpaired) electrons. The molecule has 0 spiro atoms. The fraction of sp³-hybridized carbons (Fsp3) is 0.300. The zero-order valence-electron chi connectivity index (χ0n) is 15.6. The Morgan fingerprint density at radius 3 is 2.18 bits per heavy atom. The molecule has 3 N–H and O–H groups in total. The van der Waals surface area contributed by atoms with Gasteiger partial charge in [-0.2, -0.15) is 0 Å². The number of amides is 3. The van der Waals surface area contributed by atoms with Crippen LogP contribution in [0, 0.1) is 0 Å². The molecule has 0 heterocycles. The molecule has 0 atom stereocenters. The Hall–Kier alpha value is -2.87. The number of hydrogen-bond acceptors (Lipinski definition) is 4. The van der Waals surface area contributed by atoms with Gasteiger partial charge in [0.15, 0.2) is 9.84 Å². The summed E-state index contributed by atoms with van der Waals surface area (Å²) in [6, 6.07) is 12.8. The number of nitrogens with one attached hydrogen (secondary N) is 3. The van der Waals surface area contributed by atoms with Gasteiger partial charge in [-0.25, -0.2) is 13.2 Å². The van der Waals surface area contributed by atoms with Gasteiger partial charge in [0.1, 0.15) is 0 Å². The summed E-state index contributed by atoms with van der Waals surface area (Å²) in [6.45, 7) is 1.78. The highest BCUT2D eigenvalue weighted by Crippen LogP contribution is 2.21.